The molecular formula is C14H25NOS. The molecular weight excluding hydrogens is 230 g/mol. The first-order chi connectivity index (χ1) is 8.04. The van der Waals surface area contributed by atoms with Crippen molar-refractivity contribution in [3.63, 3.8) is 0 Å². The van der Waals surface area contributed by atoms with Crippen molar-refractivity contribution in [2.75, 3.05) is 12.3 Å². The van der Waals surface area contributed by atoms with E-state index in [1.54, 1.807) is 6.26 Å². The molecule has 1 rings (SSSR count). The predicted octanol–water partition coefficient (Wildman–Crippen LogP) is 3.93. The van der Waals surface area contributed by atoms with Crippen LogP contribution in [-0.2, 0) is 5.75 Å². The third-order valence-corrected chi connectivity index (χ3v) is 3.85. The van der Waals surface area contributed by atoms with Crippen molar-refractivity contribution in [2.24, 2.45) is 5.41 Å². The molecule has 0 bridgehead atoms. The van der Waals surface area contributed by atoms with E-state index in [4.69, 9.17) is 4.42 Å². The maximum atomic E-state index is 5.34. The minimum absolute atomic E-state index is 0.311. The van der Waals surface area contributed by atoms with Crippen molar-refractivity contribution in [2.45, 2.75) is 45.9 Å². The predicted molar refractivity (Wildman–Crippen MR) is 76.4 cm³/mol. The van der Waals surface area contributed by atoms with Gasteiger partial charge in [0.05, 0.1) is 12.0 Å². The number of furan rings is 1. The van der Waals surface area contributed by atoms with Crippen LogP contribution < -0.4 is 5.32 Å². The Bertz CT molecular complexity index is 290. The van der Waals surface area contributed by atoms with Crippen molar-refractivity contribution in [3.05, 3.63) is 24.2 Å². The van der Waals surface area contributed by atoms with E-state index in [-0.39, 0.29) is 0 Å². The second-order valence-electron chi connectivity index (χ2n) is 5.47. The van der Waals surface area contributed by atoms with Crippen LogP contribution in [0.4, 0.5) is 0 Å². The molecule has 0 fully saturated rings. The van der Waals surface area contributed by atoms with Crippen molar-refractivity contribution in [1.82, 2.24) is 5.32 Å². The largest absolute Gasteiger partial charge is 0.468 e. The lowest BCUT2D eigenvalue weighted by molar-refractivity contribution is 0.291. The zero-order valence-electron chi connectivity index (χ0n) is 11.5. The zero-order valence-corrected chi connectivity index (χ0v) is 12.3. The molecule has 1 atom stereocenters. The Balaban J connectivity index is 2.33. The fourth-order valence-corrected chi connectivity index (χ4v) is 2.94. The third kappa shape index (κ3) is 5.64. The van der Waals surface area contributed by atoms with E-state index in [0.717, 1.165) is 23.8 Å². The normalized spacial score (nSPS) is 13.9. The molecule has 3 heteroatoms. The molecule has 0 spiro atoms. The molecule has 0 amide bonds. The smallest absolute Gasteiger partial charge is 0.113 e. The molecule has 0 saturated carbocycles. The first-order valence-electron chi connectivity index (χ1n) is 6.37. The molecule has 0 saturated heterocycles. The highest BCUT2D eigenvalue weighted by Gasteiger charge is 2.23. The summed E-state index contributed by atoms with van der Waals surface area (Å²) in [5, 5.41) is 3.64. The first-order valence-corrected chi connectivity index (χ1v) is 7.53. The second-order valence-corrected chi connectivity index (χ2v) is 6.50. The highest BCUT2D eigenvalue weighted by molar-refractivity contribution is 7.98. The van der Waals surface area contributed by atoms with Gasteiger partial charge in [-0.05, 0) is 30.5 Å². The van der Waals surface area contributed by atoms with Gasteiger partial charge in [0.2, 0.25) is 0 Å². The number of rotatable bonds is 7. The van der Waals surface area contributed by atoms with Crippen LogP contribution >= 0.6 is 11.8 Å². The van der Waals surface area contributed by atoms with E-state index in [2.05, 4.69) is 33.0 Å². The van der Waals surface area contributed by atoms with Gasteiger partial charge in [0.25, 0.3) is 0 Å². The van der Waals surface area contributed by atoms with E-state index in [1.807, 2.05) is 23.9 Å². The zero-order chi connectivity index (χ0) is 12.7. The Labute approximate surface area is 110 Å². The van der Waals surface area contributed by atoms with Gasteiger partial charge in [-0.15, -0.1) is 0 Å². The Morgan fingerprint density at radius 3 is 2.71 bits per heavy atom. The van der Waals surface area contributed by atoms with Gasteiger partial charge in [-0.25, -0.2) is 0 Å². The number of nitrogens with one attached hydrogen (secondary N) is 1. The summed E-state index contributed by atoms with van der Waals surface area (Å²) < 4.78 is 5.34. The van der Waals surface area contributed by atoms with Crippen LogP contribution in [0.2, 0.25) is 0 Å². The Morgan fingerprint density at radius 1 is 1.41 bits per heavy atom. The van der Waals surface area contributed by atoms with E-state index < -0.39 is 0 Å². The van der Waals surface area contributed by atoms with Gasteiger partial charge in [0.15, 0.2) is 0 Å². The lowest BCUT2D eigenvalue weighted by Gasteiger charge is -2.31. The van der Waals surface area contributed by atoms with Crippen LogP contribution in [0.25, 0.3) is 0 Å². The van der Waals surface area contributed by atoms with Crippen molar-refractivity contribution in [3.8, 4) is 0 Å². The van der Waals surface area contributed by atoms with Crippen LogP contribution in [0, 0.1) is 5.41 Å². The second kappa shape index (κ2) is 7.12. The number of hydrogen-bond acceptors (Lipinski definition) is 3. The average molecular weight is 255 g/mol. The molecule has 0 aliphatic rings. The van der Waals surface area contributed by atoms with Crippen molar-refractivity contribution >= 4 is 11.8 Å². The lowest BCUT2D eigenvalue weighted by atomic mass is 9.88. The van der Waals surface area contributed by atoms with Crippen LogP contribution in [0.15, 0.2) is 22.8 Å². The van der Waals surface area contributed by atoms with Gasteiger partial charge in [0.1, 0.15) is 5.76 Å². The molecule has 1 aromatic heterocycles. The summed E-state index contributed by atoms with van der Waals surface area (Å²) in [5.74, 6) is 3.16. The molecule has 17 heavy (non-hydrogen) atoms. The summed E-state index contributed by atoms with van der Waals surface area (Å²) in [6.07, 6.45) is 2.93. The van der Waals surface area contributed by atoms with Gasteiger partial charge < -0.3 is 9.73 Å². The van der Waals surface area contributed by atoms with E-state index in [9.17, 15) is 0 Å². The fraction of sp³-hybridized carbons (Fsp3) is 0.714. The Hall–Kier alpha value is -0.410. The van der Waals surface area contributed by atoms with Crippen molar-refractivity contribution in [1.29, 1.82) is 0 Å². The SMILES string of the molecule is CCCNC(CSCc1ccco1)C(C)(C)C. The minimum atomic E-state index is 0.311. The molecule has 1 aromatic rings. The number of hydrogen-bond donors (Lipinski definition) is 1. The monoisotopic (exact) mass is 255 g/mol. The molecule has 0 aliphatic carbocycles. The fourth-order valence-electron chi connectivity index (χ4n) is 1.61. The van der Waals surface area contributed by atoms with Crippen molar-refractivity contribution < 1.29 is 4.42 Å². The third-order valence-electron chi connectivity index (χ3n) is 2.80. The quantitative estimate of drug-likeness (QED) is 0.799. The molecule has 0 aliphatic heterocycles. The maximum Gasteiger partial charge on any atom is 0.113 e. The minimum Gasteiger partial charge on any atom is -0.468 e. The summed E-state index contributed by atoms with van der Waals surface area (Å²) in [4.78, 5) is 0. The van der Waals surface area contributed by atoms with E-state index in [1.165, 1.54) is 6.42 Å². The van der Waals surface area contributed by atoms with Gasteiger partial charge >= 0.3 is 0 Å². The first kappa shape index (κ1) is 14.7. The van der Waals surface area contributed by atoms with Gasteiger partial charge in [-0.1, -0.05) is 27.7 Å². The van der Waals surface area contributed by atoms with Crippen LogP contribution in [0.5, 0.6) is 0 Å². The Morgan fingerprint density at radius 2 is 2.18 bits per heavy atom. The summed E-state index contributed by atoms with van der Waals surface area (Å²) in [5.41, 5.74) is 0.311. The molecule has 1 N–H and O–H groups in total. The summed E-state index contributed by atoms with van der Waals surface area (Å²) in [7, 11) is 0. The summed E-state index contributed by atoms with van der Waals surface area (Å²) in [6, 6.07) is 4.55. The molecule has 0 radical (unpaired) electrons. The molecule has 98 valence electrons. The highest BCUT2D eigenvalue weighted by atomic mass is 32.2. The number of thioether (sulfide) groups is 1. The van der Waals surface area contributed by atoms with Crippen LogP contribution in [0.3, 0.4) is 0 Å². The van der Waals surface area contributed by atoms with Gasteiger partial charge in [0, 0.05) is 11.8 Å². The highest BCUT2D eigenvalue weighted by Crippen LogP contribution is 2.24. The maximum absolute atomic E-state index is 5.34. The molecule has 1 unspecified atom stereocenters. The molecule has 1 heterocycles. The van der Waals surface area contributed by atoms with Gasteiger partial charge in [-0.2, -0.15) is 11.8 Å². The summed E-state index contributed by atoms with van der Waals surface area (Å²) in [6.45, 7) is 10.2. The molecule has 0 aromatic carbocycles. The standard InChI is InChI=1S/C14H25NOS/c1-5-8-15-13(14(2,3)4)11-17-10-12-7-6-9-16-12/h6-7,9,13,15H,5,8,10-11H2,1-4H3. The van der Waals surface area contributed by atoms with E-state index in [0.29, 0.717) is 11.5 Å². The van der Waals surface area contributed by atoms with Crippen LogP contribution in [0.1, 0.15) is 39.9 Å². The molecule has 2 nitrogen and oxygen atoms in total. The van der Waals surface area contributed by atoms with E-state index >= 15 is 0 Å². The summed E-state index contributed by atoms with van der Waals surface area (Å²) >= 11 is 1.94. The van der Waals surface area contributed by atoms with Gasteiger partial charge in [-0.3, -0.25) is 0 Å². The van der Waals surface area contributed by atoms with Crippen LogP contribution in [-0.4, -0.2) is 18.3 Å². The average Bonchev–Trinajstić information content (AvgIpc) is 2.74. The Kier molecular flexibility index (Phi) is 6.14. The topological polar surface area (TPSA) is 25.2 Å². The lowest BCUT2D eigenvalue weighted by Crippen LogP contribution is -2.42.